The Morgan fingerprint density at radius 2 is 1.59 bits per heavy atom. The summed E-state index contributed by atoms with van der Waals surface area (Å²) in [5.41, 5.74) is -0.356. The first kappa shape index (κ1) is 17.4. The van der Waals surface area contributed by atoms with Crippen LogP contribution in [-0.2, 0) is 13.3 Å². The standard InChI is InChI=1S/C12H27ClO3Si/c1-5-8-9-10-11-17(14-6-2,15-7-3)16-12(4)13/h12H,5-11H2,1-4H3. The molecule has 5 heteroatoms. The lowest BCUT2D eigenvalue weighted by molar-refractivity contribution is 0.0603. The van der Waals surface area contributed by atoms with Gasteiger partial charge in [-0.15, -0.1) is 0 Å². The summed E-state index contributed by atoms with van der Waals surface area (Å²) in [7, 11) is -2.54. The van der Waals surface area contributed by atoms with E-state index in [0.29, 0.717) is 13.2 Å². The van der Waals surface area contributed by atoms with Crippen molar-refractivity contribution in [3.8, 4) is 0 Å². The first-order valence-corrected chi connectivity index (χ1v) is 9.06. The molecule has 17 heavy (non-hydrogen) atoms. The molecule has 0 aromatic carbocycles. The summed E-state index contributed by atoms with van der Waals surface area (Å²) in [5, 5.41) is 0. The molecule has 1 unspecified atom stereocenters. The zero-order valence-corrected chi connectivity index (χ0v) is 13.4. The normalized spacial score (nSPS) is 13.9. The van der Waals surface area contributed by atoms with Gasteiger partial charge in [0.15, 0.2) is 0 Å². The summed E-state index contributed by atoms with van der Waals surface area (Å²) in [6.45, 7) is 9.18. The minimum absolute atomic E-state index is 0.356. The average Bonchev–Trinajstić information content (AvgIpc) is 2.24. The van der Waals surface area contributed by atoms with Crippen molar-refractivity contribution in [2.24, 2.45) is 0 Å². The molecule has 0 saturated carbocycles. The molecule has 0 bridgehead atoms. The maximum absolute atomic E-state index is 5.93. The van der Waals surface area contributed by atoms with Crippen molar-refractivity contribution in [2.75, 3.05) is 13.2 Å². The Kier molecular flexibility index (Phi) is 10.6. The number of hydrogen-bond donors (Lipinski definition) is 0. The summed E-state index contributed by atoms with van der Waals surface area (Å²) in [4.78, 5) is 0. The number of alkyl halides is 1. The van der Waals surface area contributed by atoms with E-state index in [2.05, 4.69) is 6.92 Å². The van der Waals surface area contributed by atoms with Crippen LogP contribution in [0.2, 0.25) is 6.04 Å². The van der Waals surface area contributed by atoms with Crippen molar-refractivity contribution in [2.45, 2.75) is 65.0 Å². The van der Waals surface area contributed by atoms with Crippen molar-refractivity contribution in [1.82, 2.24) is 0 Å². The summed E-state index contributed by atoms with van der Waals surface area (Å²) in [6, 6.07) is 0.867. The van der Waals surface area contributed by atoms with E-state index in [9.17, 15) is 0 Å². The third-order valence-corrected chi connectivity index (χ3v) is 5.78. The first-order chi connectivity index (χ1) is 8.10. The fraction of sp³-hybridized carbons (Fsp3) is 1.00. The van der Waals surface area contributed by atoms with Crippen molar-refractivity contribution in [1.29, 1.82) is 0 Å². The highest BCUT2D eigenvalue weighted by molar-refractivity contribution is 6.61. The van der Waals surface area contributed by atoms with Crippen LogP contribution in [0.3, 0.4) is 0 Å². The van der Waals surface area contributed by atoms with Crippen molar-refractivity contribution in [3.05, 3.63) is 0 Å². The molecule has 0 aliphatic carbocycles. The summed E-state index contributed by atoms with van der Waals surface area (Å²) >= 11 is 5.93. The molecule has 0 fully saturated rings. The van der Waals surface area contributed by atoms with Crippen molar-refractivity contribution < 1.29 is 13.3 Å². The molecule has 0 aliphatic rings. The molecule has 0 radical (unpaired) electrons. The van der Waals surface area contributed by atoms with Gasteiger partial charge in [0.1, 0.15) is 5.56 Å². The van der Waals surface area contributed by atoms with Crippen LogP contribution in [0.15, 0.2) is 0 Å². The Hall–Kier alpha value is 0.387. The van der Waals surface area contributed by atoms with E-state index < -0.39 is 8.80 Å². The van der Waals surface area contributed by atoms with Gasteiger partial charge in [-0.1, -0.05) is 37.8 Å². The quantitative estimate of drug-likeness (QED) is 0.323. The van der Waals surface area contributed by atoms with Gasteiger partial charge in [-0.25, -0.2) is 0 Å². The molecule has 0 saturated heterocycles. The Morgan fingerprint density at radius 1 is 1.00 bits per heavy atom. The summed E-state index contributed by atoms with van der Waals surface area (Å²) in [5.74, 6) is 0. The Morgan fingerprint density at radius 3 is 2.00 bits per heavy atom. The third kappa shape index (κ3) is 8.16. The van der Waals surface area contributed by atoms with Crippen LogP contribution < -0.4 is 0 Å². The average molecular weight is 283 g/mol. The molecule has 1 atom stereocenters. The van der Waals surface area contributed by atoms with Gasteiger partial charge < -0.3 is 13.3 Å². The Labute approximate surface area is 112 Å². The van der Waals surface area contributed by atoms with Crippen LogP contribution in [-0.4, -0.2) is 27.6 Å². The van der Waals surface area contributed by atoms with Gasteiger partial charge in [0.05, 0.1) is 0 Å². The van der Waals surface area contributed by atoms with Crippen molar-refractivity contribution >= 4 is 20.4 Å². The van der Waals surface area contributed by atoms with Gasteiger partial charge in [-0.3, -0.25) is 0 Å². The topological polar surface area (TPSA) is 27.7 Å². The van der Waals surface area contributed by atoms with Crippen LogP contribution in [0.4, 0.5) is 0 Å². The molecule has 0 spiro atoms. The van der Waals surface area contributed by atoms with Crippen LogP contribution >= 0.6 is 11.6 Å². The molecule has 0 heterocycles. The molecule has 0 rings (SSSR count). The summed E-state index contributed by atoms with van der Waals surface area (Å²) in [6.07, 6.45) is 4.76. The Balaban J connectivity index is 4.31. The number of unbranched alkanes of at least 4 members (excludes halogenated alkanes) is 3. The molecule has 104 valence electrons. The second-order valence-corrected chi connectivity index (χ2v) is 7.31. The smallest absolute Gasteiger partial charge is 0.374 e. The van der Waals surface area contributed by atoms with Crippen LogP contribution in [0.25, 0.3) is 0 Å². The lowest BCUT2D eigenvalue weighted by Crippen LogP contribution is -2.47. The van der Waals surface area contributed by atoms with Gasteiger partial charge >= 0.3 is 8.80 Å². The van der Waals surface area contributed by atoms with Gasteiger partial charge in [-0.05, 0) is 27.2 Å². The molecule has 3 nitrogen and oxygen atoms in total. The molecule has 0 aromatic heterocycles. The third-order valence-electron chi connectivity index (χ3n) is 2.41. The molecule has 0 amide bonds. The highest BCUT2D eigenvalue weighted by Crippen LogP contribution is 2.22. The highest BCUT2D eigenvalue weighted by Gasteiger charge is 2.41. The first-order valence-electron chi connectivity index (χ1n) is 6.70. The van der Waals surface area contributed by atoms with Crippen molar-refractivity contribution in [3.63, 3.8) is 0 Å². The van der Waals surface area contributed by atoms with E-state index in [1.54, 1.807) is 0 Å². The van der Waals surface area contributed by atoms with Gasteiger partial charge in [0.2, 0.25) is 0 Å². The maximum Gasteiger partial charge on any atom is 0.502 e. The molecular formula is C12H27ClO3Si. The zero-order chi connectivity index (χ0) is 13.1. The second kappa shape index (κ2) is 10.3. The predicted octanol–water partition coefficient (Wildman–Crippen LogP) is 4.18. The van der Waals surface area contributed by atoms with E-state index in [4.69, 9.17) is 24.9 Å². The van der Waals surface area contributed by atoms with E-state index in [1.165, 1.54) is 19.3 Å². The van der Waals surface area contributed by atoms with E-state index in [0.717, 1.165) is 12.5 Å². The summed E-state index contributed by atoms with van der Waals surface area (Å²) < 4.78 is 17.3. The number of hydrogen-bond acceptors (Lipinski definition) is 3. The molecule has 0 N–H and O–H groups in total. The highest BCUT2D eigenvalue weighted by atomic mass is 35.5. The zero-order valence-electron chi connectivity index (χ0n) is 11.6. The van der Waals surface area contributed by atoms with E-state index in [1.807, 2.05) is 20.8 Å². The predicted molar refractivity (Wildman–Crippen MR) is 74.4 cm³/mol. The second-order valence-electron chi connectivity index (χ2n) is 4.02. The fourth-order valence-corrected chi connectivity index (χ4v) is 4.86. The lowest BCUT2D eigenvalue weighted by atomic mass is 10.2. The molecule has 0 aromatic rings. The van der Waals surface area contributed by atoms with E-state index >= 15 is 0 Å². The van der Waals surface area contributed by atoms with Crippen LogP contribution in [0, 0.1) is 0 Å². The minimum Gasteiger partial charge on any atom is -0.374 e. The van der Waals surface area contributed by atoms with Gasteiger partial charge in [0, 0.05) is 19.3 Å². The maximum atomic E-state index is 5.93. The SMILES string of the molecule is CCCCCC[Si](OCC)(OCC)OC(C)Cl. The van der Waals surface area contributed by atoms with Gasteiger partial charge in [-0.2, -0.15) is 0 Å². The Bertz CT molecular complexity index is 173. The van der Waals surface area contributed by atoms with Gasteiger partial charge in [0.25, 0.3) is 0 Å². The van der Waals surface area contributed by atoms with Crippen LogP contribution in [0.1, 0.15) is 53.4 Å². The largest absolute Gasteiger partial charge is 0.502 e. The lowest BCUT2D eigenvalue weighted by Gasteiger charge is -2.30. The minimum atomic E-state index is -2.54. The van der Waals surface area contributed by atoms with E-state index in [-0.39, 0.29) is 5.56 Å². The number of rotatable bonds is 11. The number of halogens is 1. The fourth-order valence-electron chi connectivity index (χ4n) is 1.77. The molecule has 0 aliphatic heterocycles. The molecular weight excluding hydrogens is 256 g/mol. The van der Waals surface area contributed by atoms with Crippen LogP contribution in [0.5, 0.6) is 0 Å². The monoisotopic (exact) mass is 282 g/mol.